The lowest BCUT2D eigenvalue weighted by atomic mass is 10.0. The molecule has 0 radical (unpaired) electrons. The summed E-state index contributed by atoms with van der Waals surface area (Å²) in [6.45, 7) is 3.84. The van der Waals surface area contributed by atoms with Gasteiger partial charge in [0, 0.05) is 43.7 Å². The van der Waals surface area contributed by atoms with Crippen LogP contribution >= 0.6 is 0 Å². The molecule has 0 saturated carbocycles. The Balaban J connectivity index is 1.47. The summed E-state index contributed by atoms with van der Waals surface area (Å²) >= 11 is 0. The number of imide groups is 1. The number of hydrogen-bond acceptors (Lipinski definition) is 7. The summed E-state index contributed by atoms with van der Waals surface area (Å²) in [6.07, 6.45) is -0.130. The lowest BCUT2D eigenvalue weighted by Crippen LogP contribution is -2.55. The van der Waals surface area contributed by atoms with Crippen LogP contribution in [0.2, 0.25) is 0 Å². The molecule has 4 heterocycles. The third kappa shape index (κ3) is 2.33. The maximum atomic E-state index is 12.2. The molecule has 26 heavy (non-hydrogen) atoms. The highest BCUT2D eigenvalue weighted by Crippen LogP contribution is 2.46. The number of anilines is 1. The Hall–Kier alpha value is -2.16. The molecule has 0 aliphatic carbocycles. The summed E-state index contributed by atoms with van der Waals surface area (Å²) in [5.74, 6) is 0.252. The number of carbonyl (C=O) groups excluding carboxylic acids is 2. The van der Waals surface area contributed by atoms with Crippen molar-refractivity contribution in [1.29, 1.82) is 0 Å². The number of piperidine rings is 1. The van der Waals surface area contributed by atoms with E-state index in [0.29, 0.717) is 32.0 Å². The van der Waals surface area contributed by atoms with Gasteiger partial charge in [-0.3, -0.25) is 19.8 Å². The molecule has 2 saturated heterocycles. The van der Waals surface area contributed by atoms with E-state index in [9.17, 15) is 14.7 Å². The Morgan fingerprint density at radius 1 is 1.27 bits per heavy atom. The second kappa shape index (κ2) is 5.94. The van der Waals surface area contributed by atoms with Gasteiger partial charge in [0.25, 0.3) is 0 Å². The topological polar surface area (TPSA) is 94.1 Å². The molecular weight excluding hydrogens is 336 g/mol. The Bertz CT molecular complexity index is 783. The van der Waals surface area contributed by atoms with Gasteiger partial charge in [0.05, 0.1) is 17.8 Å². The highest BCUT2D eigenvalue weighted by Gasteiger charge is 2.42. The highest BCUT2D eigenvalue weighted by molar-refractivity contribution is 6.00. The molecule has 8 heteroatoms. The summed E-state index contributed by atoms with van der Waals surface area (Å²) in [5, 5.41) is 16.6. The Kier molecular flexibility index (Phi) is 3.66. The van der Waals surface area contributed by atoms with Crippen molar-refractivity contribution in [3.05, 3.63) is 23.3 Å². The lowest BCUT2D eigenvalue weighted by Gasteiger charge is -2.42. The number of aliphatic hydroxyl groups is 1. The van der Waals surface area contributed by atoms with Crippen LogP contribution in [0.5, 0.6) is 5.75 Å². The average Bonchev–Trinajstić information content (AvgIpc) is 2.98. The molecular formula is C18H22N4O4. The molecule has 4 aliphatic heterocycles. The number of piperazine rings is 1. The minimum Gasteiger partial charge on any atom is -0.489 e. The minimum absolute atomic E-state index is 0.247. The van der Waals surface area contributed by atoms with E-state index in [0.717, 1.165) is 42.2 Å². The number of rotatable bonds is 1. The lowest BCUT2D eigenvalue weighted by molar-refractivity contribution is -0.141. The molecule has 1 aromatic rings. The molecule has 0 spiro atoms. The molecule has 1 aromatic carbocycles. The highest BCUT2D eigenvalue weighted by atomic mass is 16.5. The van der Waals surface area contributed by atoms with E-state index in [1.165, 1.54) is 0 Å². The maximum Gasteiger partial charge on any atom is 0.244 e. The van der Waals surface area contributed by atoms with Gasteiger partial charge in [0.15, 0.2) is 0 Å². The summed E-state index contributed by atoms with van der Waals surface area (Å²) in [6, 6.07) is 3.79. The molecule has 0 bridgehead atoms. The summed E-state index contributed by atoms with van der Waals surface area (Å²) < 4.78 is 6.09. The van der Waals surface area contributed by atoms with Gasteiger partial charge in [0.1, 0.15) is 18.6 Å². The molecule has 8 nitrogen and oxygen atoms in total. The second-order valence-corrected chi connectivity index (χ2v) is 7.36. The van der Waals surface area contributed by atoms with Crippen molar-refractivity contribution in [2.45, 2.75) is 37.7 Å². The summed E-state index contributed by atoms with van der Waals surface area (Å²) in [7, 11) is 0. The van der Waals surface area contributed by atoms with Crippen LogP contribution in [0.15, 0.2) is 12.1 Å². The van der Waals surface area contributed by atoms with Gasteiger partial charge in [0.2, 0.25) is 11.8 Å². The first-order valence-corrected chi connectivity index (χ1v) is 9.17. The number of fused-ring (bicyclic) bond motifs is 5. The molecule has 2 amide bonds. The van der Waals surface area contributed by atoms with Crippen LogP contribution < -0.4 is 20.3 Å². The van der Waals surface area contributed by atoms with E-state index in [4.69, 9.17) is 4.74 Å². The van der Waals surface area contributed by atoms with Crippen LogP contribution in [0.3, 0.4) is 0 Å². The van der Waals surface area contributed by atoms with Crippen LogP contribution in [-0.4, -0.2) is 60.1 Å². The molecule has 1 unspecified atom stereocenters. The standard InChI is InChI=1S/C18H22N4O4/c23-15-4-3-14(17(24)20-15)22-8-12-11(18(22)25)1-2-13-16(12)26-9-10-7-19-5-6-21(10)13/h1-2,10,14,18-19,25H,3-9H2,(H,20,23,24)/t10-,14+,18?/m1/s1. The average molecular weight is 358 g/mol. The maximum absolute atomic E-state index is 12.2. The number of nitrogens with one attached hydrogen (secondary N) is 2. The number of nitrogens with zero attached hydrogens (tertiary/aromatic N) is 2. The minimum atomic E-state index is -0.858. The van der Waals surface area contributed by atoms with Crippen molar-refractivity contribution in [1.82, 2.24) is 15.5 Å². The normalized spacial score (nSPS) is 31.0. The van der Waals surface area contributed by atoms with Crippen molar-refractivity contribution >= 4 is 17.5 Å². The van der Waals surface area contributed by atoms with Crippen LogP contribution in [0.25, 0.3) is 0 Å². The first kappa shape index (κ1) is 16.0. The summed E-state index contributed by atoms with van der Waals surface area (Å²) in [5.41, 5.74) is 2.82. The molecule has 0 aromatic heterocycles. The third-order valence-electron chi connectivity index (χ3n) is 5.90. The molecule has 2 fully saturated rings. The van der Waals surface area contributed by atoms with Crippen molar-refractivity contribution in [2.24, 2.45) is 0 Å². The van der Waals surface area contributed by atoms with Crippen molar-refractivity contribution in [2.75, 3.05) is 31.1 Å². The second-order valence-electron chi connectivity index (χ2n) is 7.36. The van der Waals surface area contributed by atoms with Gasteiger partial charge in [-0.1, -0.05) is 6.07 Å². The van der Waals surface area contributed by atoms with Crippen LogP contribution in [0.1, 0.15) is 30.2 Å². The van der Waals surface area contributed by atoms with E-state index < -0.39 is 12.3 Å². The molecule has 3 N–H and O–H groups in total. The van der Waals surface area contributed by atoms with Gasteiger partial charge in [-0.2, -0.15) is 0 Å². The molecule has 3 atom stereocenters. The molecule has 5 rings (SSSR count). The van der Waals surface area contributed by atoms with E-state index in [1.807, 2.05) is 12.1 Å². The third-order valence-corrected chi connectivity index (χ3v) is 5.90. The monoisotopic (exact) mass is 358 g/mol. The SMILES string of the molecule is O=C1CC[C@H](N2Cc3c(ccc4c3OC[C@H]3CNCCN43)C2O)C(=O)N1. The number of amides is 2. The predicted octanol–water partition coefficient (Wildman–Crippen LogP) is -0.531. The predicted molar refractivity (Wildman–Crippen MR) is 92.6 cm³/mol. The first-order valence-electron chi connectivity index (χ1n) is 9.17. The van der Waals surface area contributed by atoms with Crippen molar-refractivity contribution in [3.63, 3.8) is 0 Å². The smallest absolute Gasteiger partial charge is 0.244 e. The zero-order valence-electron chi connectivity index (χ0n) is 14.4. The fraction of sp³-hybridized carbons (Fsp3) is 0.556. The Labute approximate surface area is 151 Å². The number of hydrogen-bond donors (Lipinski definition) is 3. The van der Waals surface area contributed by atoms with E-state index in [1.54, 1.807) is 4.90 Å². The van der Waals surface area contributed by atoms with E-state index >= 15 is 0 Å². The number of ether oxygens (including phenoxy) is 1. The van der Waals surface area contributed by atoms with E-state index in [2.05, 4.69) is 15.5 Å². The van der Waals surface area contributed by atoms with Crippen LogP contribution in [-0.2, 0) is 16.1 Å². The van der Waals surface area contributed by atoms with Crippen LogP contribution in [0, 0.1) is 0 Å². The number of aliphatic hydroxyl groups excluding tert-OH is 1. The first-order chi connectivity index (χ1) is 12.6. The van der Waals surface area contributed by atoms with Crippen molar-refractivity contribution in [3.8, 4) is 5.75 Å². The number of benzene rings is 1. The largest absolute Gasteiger partial charge is 0.489 e. The zero-order valence-corrected chi connectivity index (χ0v) is 14.4. The van der Waals surface area contributed by atoms with Gasteiger partial charge < -0.3 is 20.1 Å². The Morgan fingerprint density at radius 2 is 2.15 bits per heavy atom. The quantitative estimate of drug-likeness (QED) is 0.581. The van der Waals surface area contributed by atoms with Gasteiger partial charge in [-0.05, 0) is 12.5 Å². The molecule has 4 aliphatic rings. The van der Waals surface area contributed by atoms with Crippen molar-refractivity contribution < 1.29 is 19.4 Å². The van der Waals surface area contributed by atoms with Gasteiger partial charge in [-0.15, -0.1) is 0 Å². The zero-order chi connectivity index (χ0) is 17.8. The van der Waals surface area contributed by atoms with Gasteiger partial charge in [-0.25, -0.2) is 0 Å². The Morgan fingerprint density at radius 3 is 3.00 bits per heavy atom. The number of carbonyl (C=O) groups is 2. The van der Waals surface area contributed by atoms with Gasteiger partial charge >= 0.3 is 0 Å². The molecule has 138 valence electrons. The fourth-order valence-corrected chi connectivity index (χ4v) is 4.56. The fourth-order valence-electron chi connectivity index (χ4n) is 4.56. The van der Waals surface area contributed by atoms with Crippen LogP contribution in [0.4, 0.5) is 5.69 Å². The van der Waals surface area contributed by atoms with E-state index in [-0.39, 0.29) is 11.8 Å². The summed E-state index contributed by atoms with van der Waals surface area (Å²) in [4.78, 5) is 27.8.